The summed E-state index contributed by atoms with van der Waals surface area (Å²) in [6.07, 6.45) is 4.63. The van der Waals surface area contributed by atoms with Gasteiger partial charge in [-0.25, -0.2) is 4.21 Å². The summed E-state index contributed by atoms with van der Waals surface area (Å²) in [5, 5.41) is 3.23. The smallest absolute Gasteiger partial charge is 0.285 e. The van der Waals surface area contributed by atoms with Crippen LogP contribution in [-0.4, -0.2) is 27.6 Å². The molecule has 6 heteroatoms. The molecule has 0 aliphatic rings. The summed E-state index contributed by atoms with van der Waals surface area (Å²) in [7, 11) is -2.45. The number of rotatable bonds is 4. The monoisotopic (exact) mass is 317 g/mol. The zero-order chi connectivity index (χ0) is 16.2. The maximum absolute atomic E-state index is 12.0. The number of nitrogens with one attached hydrogen (secondary N) is 1. The second kappa shape index (κ2) is 6.70. The molecule has 1 aromatic carbocycles. The van der Waals surface area contributed by atoms with Gasteiger partial charge in [-0.3, -0.25) is 9.78 Å². The third-order valence-corrected chi connectivity index (χ3v) is 3.60. The van der Waals surface area contributed by atoms with Crippen molar-refractivity contribution in [2.45, 2.75) is 13.5 Å². The van der Waals surface area contributed by atoms with E-state index >= 15 is 0 Å². The molecule has 0 spiro atoms. The molecule has 0 aliphatic carbocycles. The summed E-state index contributed by atoms with van der Waals surface area (Å²) in [5.74, 6) is -0.465. The summed E-state index contributed by atoms with van der Waals surface area (Å²) in [4.78, 5) is 16.3. The summed E-state index contributed by atoms with van der Waals surface area (Å²) in [6.45, 7) is 2.57. The zero-order valence-corrected chi connectivity index (χ0v) is 13.7. The van der Waals surface area contributed by atoms with Crippen LogP contribution in [0.3, 0.4) is 0 Å². The van der Waals surface area contributed by atoms with E-state index in [0.29, 0.717) is 12.1 Å². The molecule has 22 heavy (non-hydrogen) atoms. The minimum Gasteiger partial charge on any atom is -0.379 e. The van der Waals surface area contributed by atoms with E-state index in [4.69, 9.17) is 0 Å². The summed E-state index contributed by atoms with van der Waals surface area (Å²) < 4.78 is 15.3. The van der Waals surface area contributed by atoms with E-state index in [1.807, 2.05) is 25.1 Å². The van der Waals surface area contributed by atoms with Crippen LogP contribution in [0.15, 0.2) is 47.0 Å². The van der Waals surface area contributed by atoms with E-state index in [1.165, 1.54) is 12.5 Å². The molecule has 0 atom stereocenters. The lowest BCUT2D eigenvalue weighted by Gasteiger charge is -2.08. The third kappa shape index (κ3) is 4.66. The Balaban J connectivity index is 2.14. The number of anilines is 1. The largest absolute Gasteiger partial charge is 0.379 e. The minimum atomic E-state index is -2.45. The van der Waals surface area contributed by atoms with Gasteiger partial charge in [0.25, 0.3) is 5.91 Å². The van der Waals surface area contributed by atoms with Crippen LogP contribution < -0.4 is 5.32 Å². The van der Waals surface area contributed by atoms with E-state index in [1.54, 1.807) is 24.4 Å². The highest BCUT2D eigenvalue weighted by atomic mass is 32.2. The van der Waals surface area contributed by atoms with E-state index in [2.05, 4.69) is 14.7 Å². The lowest BCUT2D eigenvalue weighted by molar-refractivity contribution is 0.100. The Morgan fingerprint density at radius 1 is 1.27 bits per heavy atom. The fourth-order valence-corrected chi connectivity index (χ4v) is 2.41. The second-order valence-electron chi connectivity index (χ2n) is 5.28. The summed E-state index contributed by atoms with van der Waals surface area (Å²) in [5.41, 5.74) is 3.27. The van der Waals surface area contributed by atoms with E-state index in [0.717, 1.165) is 16.9 Å². The molecular formula is C16H19N3O2S. The molecule has 0 unspecified atom stereocenters. The highest BCUT2D eigenvalue weighted by molar-refractivity contribution is 7.92. The van der Waals surface area contributed by atoms with Gasteiger partial charge in [-0.2, -0.15) is 4.36 Å². The molecule has 1 N–H and O–H groups in total. The molecule has 0 fully saturated rings. The second-order valence-corrected chi connectivity index (χ2v) is 7.82. The molecule has 2 aromatic rings. The molecule has 0 bridgehead atoms. The number of benzene rings is 1. The lowest BCUT2D eigenvalue weighted by atomic mass is 10.2. The zero-order valence-electron chi connectivity index (χ0n) is 12.9. The van der Waals surface area contributed by atoms with Crippen molar-refractivity contribution >= 4 is 21.3 Å². The van der Waals surface area contributed by atoms with Gasteiger partial charge in [-0.1, -0.05) is 12.1 Å². The quantitative estimate of drug-likeness (QED) is 0.941. The number of aryl methyl sites for hydroxylation is 1. The molecule has 2 rings (SSSR count). The first-order valence-corrected chi connectivity index (χ1v) is 9.14. The fourth-order valence-electron chi connectivity index (χ4n) is 1.90. The standard InChI is InChI=1S/C16H19N3O2S/c1-12-6-5-9-17-15(12)11-18-14-8-4-7-13(10-14)16(20)19-22(2,3)21/h4-10,18H,11H2,1-3H3. The van der Waals surface area contributed by atoms with Crippen LogP contribution in [-0.2, 0) is 16.3 Å². The molecule has 1 heterocycles. The van der Waals surface area contributed by atoms with Crippen molar-refractivity contribution in [2.24, 2.45) is 4.36 Å². The summed E-state index contributed by atoms with van der Waals surface area (Å²) >= 11 is 0. The third-order valence-electron chi connectivity index (χ3n) is 2.99. The average Bonchev–Trinajstić information content (AvgIpc) is 2.45. The number of hydrogen-bond acceptors (Lipinski definition) is 4. The molecule has 1 amide bonds. The van der Waals surface area contributed by atoms with Gasteiger partial charge in [0.15, 0.2) is 0 Å². The lowest BCUT2D eigenvalue weighted by Crippen LogP contribution is -2.05. The SMILES string of the molecule is Cc1cccnc1CNc1cccc(C(=O)N=S(C)(C)=O)c1. The van der Waals surface area contributed by atoms with Gasteiger partial charge in [0.1, 0.15) is 0 Å². The van der Waals surface area contributed by atoms with Gasteiger partial charge in [0.05, 0.1) is 12.2 Å². The number of amides is 1. The minimum absolute atomic E-state index is 0.416. The predicted molar refractivity (Wildman–Crippen MR) is 89.5 cm³/mol. The molecular weight excluding hydrogens is 298 g/mol. The number of carbonyl (C=O) groups is 1. The Kier molecular flexibility index (Phi) is 4.92. The van der Waals surface area contributed by atoms with Crippen molar-refractivity contribution in [3.63, 3.8) is 0 Å². The Morgan fingerprint density at radius 3 is 2.73 bits per heavy atom. The van der Waals surface area contributed by atoms with Crippen molar-refractivity contribution in [1.29, 1.82) is 0 Å². The van der Waals surface area contributed by atoms with Crippen LogP contribution in [0.2, 0.25) is 0 Å². The number of nitrogens with zero attached hydrogens (tertiary/aromatic N) is 2. The molecule has 1 aromatic heterocycles. The van der Waals surface area contributed by atoms with Gasteiger partial charge < -0.3 is 5.32 Å². The van der Waals surface area contributed by atoms with Crippen molar-refractivity contribution in [3.8, 4) is 0 Å². The van der Waals surface area contributed by atoms with Crippen LogP contribution in [0.1, 0.15) is 21.6 Å². The van der Waals surface area contributed by atoms with Crippen molar-refractivity contribution in [2.75, 3.05) is 17.8 Å². The number of carbonyl (C=O) groups excluding carboxylic acids is 1. The Bertz CT molecular complexity index is 801. The first kappa shape index (κ1) is 16.2. The number of aromatic nitrogens is 1. The van der Waals surface area contributed by atoms with Crippen molar-refractivity contribution in [3.05, 3.63) is 59.4 Å². The Morgan fingerprint density at radius 2 is 2.05 bits per heavy atom. The number of hydrogen-bond donors (Lipinski definition) is 1. The van der Waals surface area contributed by atoms with Crippen molar-refractivity contribution in [1.82, 2.24) is 4.98 Å². The van der Waals surface area contributed by atoms with Gasteiger partial charge in [-0.05, 0) is 36.8 Å². The first-order chi connectivity index (χ1) is 10.3. The topological polar surface area (TPSA) is 71.4 Å². The van der Waals surface area contributed by atoms with Gasteiger partial charge in [0, 0.05) is 39.7 Å². The molecule has 0 aliphatic heterocycles. The number of pyridine rings is 1. The van der Waals surface area contributed by atoms with Crippen LogP contribution in [0.4, 0.5) is 5.69 Å². The first-order valence-electron chi connectivity index (χ1n) is 6.81. The highest BCUT2D eigenvalue weighted by Crippen LogP contribution is 2.14. The van der Waals surface area contributed by atoms with Gasteiger partial charge >= 0.3 is 0 Å². The van der Waals surface area contributed by atoms with Crippen LogP contribution in [0.25, 0.3) is 0 Å². The Labute approximate surface area is 131 Å². The van der Waals surface area contributed by atoms with E-state index in [-0.39, 0.29) is 0 Å². The maximum Gasteiger partial charge on any atom is 0.285 e. The maximum atomic E-state index is 12.0. The van der Waals surface area contributed by atoms with Crippen LogP contribution in [0, 0.1) is 6.92 Å². The molecule has 0 saturated heterocycles. The Hall–Kier alpha value is -2.21. The average molecular weight is 317 g/mol. The van der Waals surface area contributed by atoms with Crippen molar-refractivity contribution < 1.29 is 9.00 Å². The molecule has 0 saturated carbocycles. The van der Waals surface area contributed by atoms with Crippen LogP contribution >= 0.6 is 0 Å². The fraction of sp³-hybridized carbons (Fsp3) is 0.250. The normalized spacial score (nSPS) is 11.0. The van der Waals surface area contributed by atoms with Crippen LogP contribution in [0.5, 0.6) is 0 Å². The highest BCUT2D eigenvalue weighted by Gasteiger charge is 2.07. The van der Waals surface area contributed by atoms with E-state index in [9.17, 15) is 9.00 Å². The van der Waals surface area contributed by atoms with Gasteiger partial charge in [0.2, 0.25) is 0 Å². The summed E-state index contributed by atoms with van der Waals surface area (Å²) in [6, 6.07) is 10.9. The molecule has 5 nitrogen and oxygen atoms in total. The van der Waals surface area contributed by atoms with E-state index < -0.39 is 15.6 Å². The predicted octanol–water partition coefficient (Wildman–Crippen LogP) is 2.87. The molecule has 0 radical (unpaired) electrons. The molecule has 116 valence electrons. The van der Waals surface area contributed by atoms with Gasteiger partial charge in [-0.15, -0.1) is 0 Å².